The Hall–Kier alpha value is -3.62. The molecular weight excluding hydrogens is 413 g/mol. The van der Waals surface area contributed by atoms with Gasteiger partial charge in [-0.2, -0.15) is 13.2 Å². The second kappa shape index (κ2) is 8.63. The molecule has 162 valence electrons. The van der Waals surface area contributed by atoms with Crippen molar-refractivity contribution >= 4 is 22.5 Å². The van der Waals surface area contributed by atoms with E-state index in [1.807, 2.05) is 11.4 Å². The first kappa shape index (κ1) is 22.1. The fourth-order valence-electron chi connectivity index (χ4n) is 3.22. The number of aromatic nitrogens is 1. The number of ether oxygens (including phenoxy) is 2. The van der Waals surface area contributed by atoms with Crippen molar-refractivity contribution in [1.82, 2.24) is 10.3 Å². The molecule has 6 nitrogen and oxygen atoms in total. The summed E-state index contributed by atoms with van der Waals surface area (Å²) in [4.78, 5) is 28.7. The number of rotatable bonds is 6. The van der Waals surface area contributed by atoms with Crippen LogP contribution in [0.25, 0.3) is 10.8 Å². The molecule has 0 fully saturated rings. The standard InChI is InChI=1S/C22H19F3N2O4/c1-12(27-21(29)22(23,24)25)14-9-17(30-2)19(18(10-14)31-3)20(28)16-6-4-5-13-11-26-8-7-15(13)16/h4-12H,1-3H3,(H,27,29). The quantitative estimate of drug-likeness (QED) is 0.590. The van der Waals surface area contributed by atoms with Gasteiger partial charge in [0, 0.05) is 23.3 Å². The summed E-state index contributed by atoms with van der Waals surface area (Å²) in [5, 5.41) is 3.33. The Labute approximate surface area is 176 Å². The third-order valence-electron chi connectivity index (χ3n) is 4.79. The van der Waals surface area contributed by atoms with Crippen LogP contribution in [-0.4, -0.2) is 37.1 Å². The number of pyridine rings is 1. The molecule has 0 aliphatic carbocycles. The summed E-state index contributed by atoms with van der Waals surface area (Å²) in [6, 6.07) is 8.72. The van der Waals surface area contributed by atoms with Gasteiger partial charge in [0.2, 0.25) is 5.78 Å². The molecular formula is C22H19F3N2O4. The van der Waals surface area contributed by atoms with E-state index in [-0.39, 0.29) is 28.4 Å². The highest BCUT2D eigenvalue weighted by molar-refractivity contribution is 6.18. The molecule has 1 unspecified atom stereocenters. The van der Waals surface area contributed by atoms with Gasteiger partial charge in [0.1, 0.15) is 17.1 Å². The van der Waals surface area contributed by atoms with E-state index in [9.17, 15) is 22.8 Å². The fraction of sp³-hybridized carbons (Fsp3) is 0.227. The Morgan fingerprint density at radius 2 is 1.71 bits per heavy atom. The van der Waals surface area contributed by atoms with Crippen LogP contribution in [0.2, 0.25) is 0 Å². The molecule has 0 spiro atoms. The lowest BCUT2D eigenvalue weighted by Gasteiger charge is -2.20. The molecule has 0 saturated carbocycles. The van der Waals surface area contributed by atoms with Crippen LogP contribution in [0.5, 0.6) is 11.5 Å². The summed E-state index contributed by atoms with van der Waals surface area (Å²) in [5.74, 6) is -2.23. The Balaban J connectivity index is 2.07. The average molecular weight is 432 g/mol. The smallest absolute Gasteiger partial charge is 0.471 e. The number of alkyl halides is 3. The Kier molecular flexibility index (Phi) is 6.14. The van der Waals surface area contributed by atoms with E-state index in [2.05, 4.69) is 4.98 Å². The minimum Gasteiger partial charge on any atom is -0.496 e. The number of nitrogens with zero attached hydrogens (tertiary/aromatic N) is 1. The first-order valence-electron chi connectivity index (χ1n) is 9.18. The second-order valence-electron chi connectivity index (χ2n) is 6.72. The van der Waals surface area contributed by atoms with Crippen molar-refractivity contribution in [1.29, 1.82) is 0 Å². The van der Waals surface area contributed by atoms with Gasteiger partial charge < -0.3 is 14.8 Å². The van der Waals surface area contributed by atoms with Crippen molar-refractivity contribution in [3.8, 4) is 11.5 Å². The number of amides is 1. The largest absolute Gasteiger partial charge is 0.496 e. The van der Waals surface area contributed by atoms with Crippen LogP contribution >= 0.6 is 0 Å². The zero-order valence-corrected chi connectivity index (χ0v) is 16.9. The molecule has 0 aliphatic heterocycles. The van der Waals surface area contributed by atoms with Gasteiger partial charge >= 0.3 is 12.1 Å². The summed E-state index contributed by atoms with van der Waals surface area (Å²) >= 11 is 0. The highest BCUT2D eigenvalue weighted by Gasteiger charge is 2.39. The number of halogens is 3. The molecule has 1 N–H and O–H groups in total. The molecule has 1 amide bonds. The third-order valence-corrected chi connectivity index (χ3v) is 4.79. The Morgan fingerprint density at radius 1 is 1.06 bits per heavy atom. The molecule has 0 bridgehead atoms. The maximum atomic E-state index is 13.4. The molecule has 1 atom stereocenters. The lowest BCUT2D eigenvalue weighted by atomic mass is 9.95. The molecule has 1 heterocycles. The minimum absolute atomic E-state index is 0.110. The van der Waals surface area contributed by atoms with Crippen molar-refractivity contribution in [3.63, 3.8) is 0 Å². The van der Waals surface area contributed by atoms with Crippen LogP contribution in [0.1, 0.15) is 34.5 Å². The van der Waals surface area contributed by atoms with Gasteiger partial charge in [-0.3, -0.25) is 14.6 Å². The molecule has 9 heteroatoms. The summed E-state index contributed by atoms with van der Waals surface area (Å²) in [6.45, 7) is 1.39. The van der Waals surface area contributed by atoms with Gasteiger partial charge in [-0.15, -0.1) is 0 Å². The number of fused-ring (bicyclic) bond motifs is 1. The Bertz CT molecular complexity index is 1110. The summed E-state index contributed by atoms with van der Waals surface area (Å²) in [5.41, 5.74) is 0.792. The topological polar surface area (TPSA) is 77.5 Å². The van der Waals surface area contributed by atoms with Gasteiger partial charge in [0.15, 0.2) is 0 Å². The van der Waals surface area contributed by atoms with Crippen LogP contribution in [0.3, 0.4) is 0 Å². The number of benzene rings is 2. The number of hydrogen-bond acceptors (Lipinski definition) is 5. The monoisotopic (exact) mass is 432 g/mol. The van der Waals surface area contributed by atoms with Crippen LogP contribution < -0.4 is 14.8 Å². The molecule has 0 aliphatic rings. The number of hydrogen-bond donors (Lipinski definition) is 1. The zero-order chi connectivity index (χ0) is 22.8. The van der Waals surface area contributed by atoms with Gasteiger partial charge in [-0.25, -0.2) is 0 Å². The molecule has 0 radical (unpaired) electrons. The van der Waals surface area contributed by atoms with E-state index in [1.165, 1.54) is 33.3 Å². The molecule has 3 aromatic rings. The zero-order valence-electron chi connectivity index (χ0n) is 16.9. The SMILES string of the molecule is COc1cc(C(C)NC(=O)C(F)(F)F)cc(OC)c1C(=O)c1cccc2cnccc12. The average Bonchev–Trinajstić information content (AvgIpc) is 2.76. The number of ketones is 1. The summed E-state index contributed by atoms with van der Waals surface area (Å²) in [6.07, 6.45) is -1.81. The Morgan fingerprint density at radius 3 is 2.29 bits per heavy atom. The molecule has 0 saturated heterocycles. The van der Waals surface area contributed by atoms with Crippen molar-refractivity contribution < 1.29 is 32.2 Å². The predicted octanol–water partition coefficient (Wildman–Crippen LogP) is 4.22. The van der Waals surface area contributed by atoms with E-state index in [4.69, 9.17) is 9.47 Å². The van der Waals surface area contributed by atoms with Crippen LogP contribution in [0, 0.1) is 0 Å². The number of carbonyl (C=O) groups excluding carboxylic acids is 2. The number of nitrogens with one attached hydrogen (secondary N) is 1. The molecule has 1 aromatic heterocycles. The van der Waals surface area contributed by atoms with E-state index < -0.39 is 18.1 Å². The predicted molar refractivity (Wildman–Crippen MR) is 107 cm³/mol. The van der Waals surface area contributed by atoms with Crippen LogP contribution in [0.15, 0.2) is 48.8 Å². The van der Waals surface area contributed by atoms with Gasteiger partial charge in [-0.05, 0) is 36.1 Å². The van der Waals surface area contributed by atoms with E-state index in [1.54, 1.807) is 30.6 Å². The van der Waals surface area contributed by atoms with Crippen molar-refractivity contribution in [3.05, 3.63) is 65.5 Å². The lowest BCUT2D eigenvalue weighted by Crippen LogP contribution is -2.38. The van der Waals surface area contributed by atoms with Crippen LogP contribution in [0.4, 0.5) is 13.2 Å². The number of methoxy groups -OCH3 is 2. The lowest BCUT2D eigenvalue weighted by molar-refractivity contribution is -0.174. The molecule has 3 rings (SSSR count). The fourth-order valence-corrected chi connectivity index (χ4v) is 3.22. The molecule has 31 heavy (non-hydrogen) atoms. The van der Waals surface area contributed by atoms with E-state index in [0.717, 1.165) is 5.39 Å². The highest BCUT2D eigenvalue weighted by Crippen LogP contribution is 2.36. The van der Waals surface area contributed by atoms with Crippen molar-refractivity contribution in [2.75, 3.05) is 14.2 Å². The second-order valence-corrected chi connectivity index (χ2v) is 6.72. The summed E-state index contributed by atoms with van der Waals surface area (Å²) in [7, 11) is 2.67. The summed E-state index contributed by atoms with van der Waals surface area (Å²) < 4.78 is 48.5. The van der Waals surface area contributed by atoms with Gasteiger partial charge in [0.05, 0.1) is 20.3 Å². The normalized spacial score (nSPS) is 12.3. The number of carbonyl (C=O) groups is 2. The van der Waals surface area contributed by atoms with Crippen LogP contribution in [-0.2, 0) is 4.79 Å². The van der Waals surface area contributed by atoms with Gasteiger partial charge in [0.25, 0.3) is 0 Å². The maximum absolute atomic E-state index is 13.4. The van der Waals surface area contributed by atoms with Crippen molar-refractivity contribution in [2.45, 2.75) is 19.1 Å². The maximum Gasteiger partial charge on any atom is 0.471 e. The first-order valence-corrected chi connectivity index (χ1v) is 9.18. The van der Waals surface area contributed by atoms with Gasteiger partial charge in [-0.1, -0.05) is 18.2 Å². The highest BCUT2D eigenvalue weighted by atomic mass is 19.4. The third kappa shape index (κ3) is 4.45. The molecule has 2 aromatic carbocycles. The van der Waals surface area contributed by atoms with E-state index >= 15 is 0 Å². The minimum atomic E-state index is -5.01. The van der Waals surface area contributed by atoms with Crippen molar-refractivity contribution in [2.24, 2.45) is 0 Å². The van der Waals surface area contributed by atoms with E-state index in [0.29, 0.717) is 10.9 Å². The first-order chi connectivity index (χ1) is 14.7.